The molecule has 0 bridgehead atoms. The zero-order chi connectivity index (χ0) is 13.1. The number of aryl methyl sites for hydroxylation is 2. The predicted octanol–water partition coefficient (Wildman–Crippen LogP) is 2.28. The quantitative estimate of drug-likeness (QED) is 0.897. The summed E-state index contributed by atoms with van der Waals surface area (Å²) in [6.07, 6.45) is 1.73. The predicted molar refractivity (Wildman–Crippen MR) is 72.2 cm³/mol. The summed E-state index contributed by atoms with van der Waals surface area (Å²) in [5.41, 5.74) is 4.03. The molecule has 0 aliphatic rings. The molecule has 0 aliphatic heterocycles. The maximum Gasteiger partial charge on any atom is 0.149 e. The molecule has 0 saturated carbocycles. The van der Waals surface area contributed by atoms with E-state index in [0.29, 0.717) is 0 Å². The summed E-state index contributed by atoms with van der Waals surface area (Å²) >= 11 is 0. The third kappa shape index (κ3) is 2.59. The molecule has 96 valence electrons. The van der Waals surface area contributed by atoms with Crippen molar-refractivity contribution in [2.24, 2.45) is 7.05 Å². The lowest BCUT2D eigenvalue weighted by atomic mass is 10.0. The Morgan fingerprint density at radius 3 is 2.78 bits per heavy atom. The van der Waals surface area contributed by atoms with Gasteiger partial charge in [0.1, 0.15) is 12.2 Å². The molecular weight excluding hydrogens is 224 g/mol. The summed E-state index contributed by atoms with van der Waals surface area (Å²) in [6.45, 7) is 7.26. The van der Waals surface area contributed by atoms with Crippen molar-refractivity contribution in [1.29, 1.82) is 0 Å². The van der Waals surface area contributed by atoms with Crippen LogP contribution in [0.25, 0.3) is 0 Å². The van der Waals surface area contributed by atoms with Gasteiger partial charge in [0.05, 0.1) is 6.04 Å². The van der Waals surface area contributed by atoms with Gasteiger partial charge in [0.15, 0.2) is 0 Å². The van der Waals surface area contributed by atoms with Gasteiger partial charge in [0, 0.05) is 13.6 Å². The Morgan fingerprint density at radius 1 is 1.33 bits per heavy atom. The smallest absolute Gasteiger partial charge is 0.149 e. The van der Waals surface area contributed by atoms with Crippen molar-refractivity contribution in [3.63, 3.8) is 0 Å². The van der Waals surface area contributed by atoms with E-state index in [-0.39, 0.29) is 6.04 Å². The molecule has 1 heterocycles. The van der Waals surface area contributed by atoms with Crippen LogP contribution in [0.5, 0.6) is 0 Å². The van der Waals surface area contributed by atoms with Crippen molar-refractivity contribution < 1.29 is 0 Å². The van der Waals surface area contributed by atoms with Crippen molar-refractivity contribution >= 4 is 0 Å². The van der Waals surface area contributed by atoms with E-state index in [1.165, 1.54) is 16.7 Å². The Labute approximate surface area is 108 Å². The average Bonchev–Trinajstić information content (AvgIpc) is 2.77. The summed E-state index contributed by atoms with van der Waals surface area (Å²) in [6, 6.07) is 6.60. The summed E-state index contributed by atoms with van der Waals surface area (Å²) in [5.74, 6) is 0.959. The van der Waals surface area contributed by atoms with E-state index >= 15 is 0 Å². The molecule has 0 radical (unpaired) electrons. The fourth-order valence-electron chi connectivity index (χ4n) is 2.04. The highest BCUT2D eigenvalue weighted by molar-refractivity contribution is 5.33. The molecule has 2 rings (SSSR count). The van der Waals surface area contributed by atoms with Crippen LogP contribution in [0.2, 0.25) is 0 Å². The first-order valence-electron chi connectivity index (χ1n) is 6.22. The molecule has 4 nitrogen and oxygen atoms in total. The molecule has 1 atom stereocenters. The third-order valence-corrected chi connectivity index (χ3v) is 3.45. The second kappa shape index (κ2) is 5.31. The molecule has 0 fully saturated rings. The first kappa shape index (κ1) is 12.8. The lowest BCUT2D eigenvalue weighted by Crippen LogP contribution is -2.21. The summed E-state index contributed by atoms with van der Waals surface area (Å²) < 4.78 is 1.95. The van der Waals surface area contributed by atoms with Gasteiger partial charge >= 0.3 is 0 Å². The van der Waals surface area contributed by atoms with Crippen LogP contribution in [0.15, 0.2) is 24.5 Å². The number of rotatable bonds is 4. The van der Waals surface area contributed by atoms with Crippen molar-refractivity contribution in [2.45, 2.75) is 33.4 Å². The van der Waals surface area contributed by atoms with Crippen LogP contribution < -0.4 is 5.32 Å². The van der Waals surface area contributed by atoms with Crippen LogP contribution in [0.4, 0.5) is 0 Å². The Morgan fingerprint density at radius 2 is 2.11 bits per heavy atom. The second-order valence-electron chi connectivity index (χ2n) is 4.76. The van der Waals surface area contributed by atoms with Gasteiger partial charge in [-0.15, -0.1) is 10.2 Å². The van der Waals surface area contributed by atoms with Gasteiger partial charge in [-0.3, -0.25) is 0 Å². The third-order valence-electron chi connectivity index (χ3n) is 3.45. The Balaban J connectivity index is 2.04. The van der Waals surface area contributed by atoms with E-state index in [1.54, 1.807) is 6.33 Å². The average molecular weight is 244 g/mol. The van der Waals surface area contributed by atoms with Crippen LogP contribution >= 0.6 is 0 Å². The number of aromatic nitrogens is 3. The van der Waals surface area contributed by atoms with Crippen LogP contribution in [0, 0.1) is 13.8 Å². The largest absolute Gasteiger partial charge is 0.319 e. The minimum Gasteiger partial charge on any atom is -0.319 e. The highest BCUT2D eigenvalue weighted by Gasteiger charge is 2.11. The molecule has 1 aromatic carbocycles. The number of hydrogen-bond acceptors (Lipinski definition) is 3. The van der Waals surface area contributed by atoms with Crippen molar-refractivity contribution in [3.8, 4) is 0 Å². The Kier molecular flexibility index (Phi) is 3.77. The van der Waals surface area contributed by atoms with E-state index in [2.05, 4.69) is 54.5 Å². The molecule has 2 aromatic rings. The monoisotopic (exact) mass is 244 g/mol. The zero-order valence-corrected chi connectivity index (χ0v) is 11.4. The second-order valence-corrected chi connectivity index (χ2v) is 4.76. The highest BCUT2D eigenvalue weighted by atomic mass is 15.3. The number of benzene rings is 1. The summed E-state index contributed by atoms with van der Waals surface area (Å²) in [4.78, 5) is 0. The molecule has 0 aliphatic carbocycles. The lowest BCUT2D eigenvalue weighted by molar-refractivity contribution is 0.527. The van der Waals surface area contributed by atoms with Crippen molar-refractivity contribution in [3.05, 3.63) is 47.0 Å². The van der Waals surface area contributed by atoms with Gasteiger partial charge in [-0.05, 0) is 37.5 Å². The Hall–Kier alpha value is -1.68. The van der Waals surface area contributed by atoms with Gasteiger partial charge < -0.3 is 9.88 Å². The SMILES string of the molecule is Cc1cccc(CNC(C)c2nncn2C)c1C. The molecular formula is C14H20N4. The molecule has 0 amide bonds. The van der Waals surface area contributed by atoms with E-state index in [0.717, 1.165) is 12.4 Å². The molecule has 1 aromatic heterocycles. The maximum atomic E-state index is 4.12. The normalized spacial score (nSPS) is 12.7. The number of nitrogens with zero attached hydrogens (tertiary/aromatic N) is 3. The van der Waals surface area contributed by atoms with E-state index in [1.807, 2.05) is 11.6 Å². The molecule has 1 unspecified atom stereocenters. The maximum absolute atomic E-state index is 4.12. The first-order chi connectivity index (χ1) is 8.59. The van der Waals surface area contributed by atoms with E-state index < -0.39 is 0 Å². The minimum absolute atomic E-state index is 0.192. The number of nitrogens with one attached hydrogen (secondary N) is 1. The molecule has 0 spiro atoms. The van der Waals surface area contributed by atoms with Gasteiger partial charge in [-0.25, -0.2) is 0 Å². The number of hydrogen-bond donors (Lipinski definition) is 1. The lowest BCUT2D eigenvalue weighted by Gasteiger charge is -2.15. The standard InChI is InChI=1S/C14H20N4/c1-10-6-5-7-13(11(10)2)8-15-12(3)14-17-16-9-18(14)4/h5-7,9,12,15H,8H2,1-4H3. The molecule has 4 heteroatoms. The van der Waals surface area contributed by atoms with Gasteiger partial charge in [-0.2, -0.15) is 0 Å². The first-order valence-corrected chi connectivity index (χ1v) is 6.22. The van der Waals surface area contributed by atoms with Crippen LogP contribution in [-0.2, 0) is 13.6 Å². The van der Waals surface area contributed by atoms with E-state index in [9.17, 15) is 0 Å². The van der Waals surface area contributed by atoms with Gasteiger partial charge in [0.2, 0.25) is 0 Å². The van der Waals surface area contributed by atoms with Gasteiger partial charge in [-0.1, -0.05) is 18.2 Å². The van der Waals surface area contributed by atoms with Gasteiger partial charge in [0.25, 0.3) is 0 Å². The van der Waals surface area contributed by atoms with Crippen LogP contribution in [0.3, 0.4) is 0 Å². The van der Waals surface area contributed by atoms with Crippen molar-refractivity contribution in [1.82, 2.24) is 20.1 Å². The topological polar surface area (TPSA) is 42.7 Å². The van der Waals surface area contributed by atoms with Crippen LogP contribution in [0.1, 0.15) is 35.5 Å². The zero-order valence-electron chi connectivity index (χ0n) is 11.4. The molecule has 0 saturated heterocycles. The minimum atomic E-state index is 0.192. The molecule has 1 N–H and O–H groups in total. The summed E-state index contributed by atoms with van der Waals surface area (Å²) in [5, 5.41) is 11.5. The fraction of sp³-hybridized carbons (Fsp3) is 0.429. The summed E-state index contributed by atoms with van der Waals surface area (Å²) in [7, 11) is 1.96. The molecule has 18 heavy (non-hydrogen) atoms. The fourth-order valence-corrected chi connectivity index (χ4v) is 2.04. The van der Waals surface area contributed by atoms with Crippen molar-refractivity contribution in [2.75, 3.05) is 0 Å². The highest BCUT2D eigenvalue weighted by Crippen LogP contribution is 2.14. The van der Waals surface area contributed by atoms with Crippen LogP contribution in [-0.4, -0.2) is 14.8 Å². The Bertz CT molecular complexity index is 530. The van der Waals surface area contributed by atoms with E-state index in [4.69, 9.17) is 0 Å².